The lowest BCUT2D eigenvalue weighted by Gasteiger charge is -2.37. The molecule has 3 atom stereocenters. The molecule has 0 saturated carbocycles. The second kappa shape index (κ2) is 6.57. The van der Waals surface area contributed by atoms with E-state index in [1.54, 1.807) is 6.07 Å². The van der Waals surface area contributed by atoms with Crippen molar-refractivity contribution in [1.29, 1.82) is 0 Å². The third kappa shape index (κ3) is 3.32. The number of nitrogens with one attached hydrogen (secondary N) is 1. The van der Waals surface area contributed by atoms with E-state index in [0.717, 1.165) is 43.2 Å². The van der Waals surface area contributed by atoms with Crippen LogP contribution in [0.25, 0.3) is 0 Å². The van der Waals surface area contributed by atoms with E-state index in [4.69, 9.17) is 0 Å². The highest BCUT2D eigenvalue weighted by Gasteiger charge is 2.24. The van der Waals surface area contributed by atoms with Crippen molar-refractivity contribution in [2.24, 2.45) is 11.8 Å². The average molecular weight is 278 g/mol. The summed E-state index contributed by atoms with van der Waals surface area (Å²) in [5.41, 5.74) is 1.78. The summed E-state index contributed by atoms with van der Waals surface area (Å²) in [6.45, 7) is 11.5. The summed E-state index contributed by atoms with van der Waals surface area (Å²) in [7, 11) is 0. The maximum absolute atomic E-state index is 14.4. The molecule has 1 fully saturated rings. The molecule has 20 heavy (non-hydrogen) atoms. The SMILES string of the molecule is CCNC(C)c1ccc(N2CCC(C)C(C)C2)c(F)c1. The Labute approximate surface area is 122 Å². The summed E-state index contributed by atoms with van der Waals surface area (Å²) in [6.07, 6.45) is 1.15. The molecule has 0 bridgehead atoms. The van der Waals surface area contributed by atoms with Crippen LogP contribution in [0.4, 0.5) is 10.1 Å². The molecule has 0 aliphatic carbocycles. The van der Waals surface area contributed by atoms with E-state index < -0.39 is 0 Å². The summed E-state index contributed by atoms with van der Waals surface area (Å²) in [5, 5.41) is 3.32. The maximum atomic E-state index is 14.4. The number of hydrogen-bond donors (Lipinski definition) is 1. The predicted octanol–water partition coefficient (Wildman–Crippen LogP) is 3.98. The molecular weight excluding hydrogens is 251 g/mol. The average Bonchev–Trinajstić information content (AvgIpc) is 2.42. The second-order valence-corrected chi connectivity index (χ2v) is 6.18. The molecule has 0 amide bonds. The Balaban J connectivity index is 2.13. The molecule has 0 radical (unpaired) electrons. The van der Waals surface area contributed by atoms with Crippen molar-refractivity contribution in [3.63, 3.8) is 0 Å². The lowest BCUT2D eigenvalue weighted by atomic mass is 9.88. The smallest absolute Gasteiger partial charge is 0.146 e. The van der Waals surface area contributed by atoms with Crippen LogP contribution in [-0.2, 0) is 0 Å². The van der Waals surface area contributed by atoms with Crippen molar-refractivity contribution >= 4 is 5.69 Å². The van der Waals surface area contributed by atoms with Crippen LogP contribution in [0.3, 0.4) is 0 Å². The summed E-state index contributed by atoms with van der Waals surface area (Å²) in [4.78, 5) is 2.20. The van der Waals surface area contributed by atoms with Crippen LogP contribution in [0.15, 0.2) is 18.2 Å². The van der Waals surface area contributed by atoms with E-state index >= 15 is 0 Å². The Morgan fingerprint density at radius 3 is 2.70 bits per heavy atom. The number of anilines is 1. The molecule has 1 saturated heterocycles. The zero-order valence-electron chi connectivity index (χ0n) is 13.1. The number of benzene rings is 1. The highest BCUT2D eigenvalue weighted by atomic mass is 19.1. The van der Waals surface area contributed by atoms with Crippen molar-refractivity contribution in [2.45, 2.75) is 40.2 Å². The molecule has 1 heterocycles. The Kier molecular flexibility index (Phi) is 5.03. The Morgan fingerprint density at radius 1 is 1.35 bits per heavy atom. The number of nitrogens with zero attached hydrogens (tertiary/aromatic N) is 1. The Bertz CT molecular complexity index is 447. The molecule has 1 aliphatic rings. The van der Waals surface area contributed by atoms with Crippen LogP contribution >= 0.6 is 0 Å². The van der Waals surface area contributed by atoms with Crippen molar-refractivity contribution in [3.05, 3.63) is 29.6 Å². The van der Waals surface area contributed by atoms with E-state index in [2.05, 4.69) is 44.0 Å². The van der Waals surface area contributed by atoms with Crippen molar-refractivity contribution in [1.82, 2.24) is 5.32 Å². The molecular formula is C17H27FN2. The first kappa shape index (κ1) is 15.3. The number of halogens is 1. The first-order valence-corrected chi connectivity index (χ1v) is 7.80. The van der Waals surface area contributed by atoms with Gasteiger partial charge in [0.25, 0.3) is 0 Å². The lowest BCUT2D eigenvalue weighted by Crippen LogP contribution is -2.38. The van der Waals surface area contributed by atoms with E-state index in [1.807, 2.05) is 6.07 Å². The second-order valence-electron chi connectivity index (χ2n) is 6.18. The van der Waals surface area contributed by atoms with Crippen LogP contribution in [0.5, 0.6) is 0 Å². The molecule has 2 nitrogen and oxygen atoms in total. The van der Waals surface area contributed by atoms with Gasteiger partial charge in [-0.15, -0.1) is 0 Å². The zero-order valence-corrected chi connectivity index (χ0v) is 13.1. The summed E-state index contributed by atoms with van der Waals surface area (Å²) in [5.74, 6) is 1.28. The first-order valence-electron chi connectivity index (χ1n) is 7.80. The van der Waals surface area contributed by atoms with Gasteiger partial charge in [-0.25, -0.2) is 4.39 Å². The quantitative estimate of drug-likeness (QED) is 0.896. The minimum absolute atomic E-state index is 0.0889. The fraction of sp³-hybridized carbons (Fsp3) is 0.647. The fourth-order valence-corrected chi connectivity index (χ4v) is 2.95. The van der Waals surface area contributed by atoms with Gasteiger partial charge in [-0.1, -0.05) is 26.8 Å². The molecule has 0 aromatic heterocycles. The van der Waals surface area contributed by atoms with Crippen molar-refractivity contribution in [3.8, 4) is 0 Å². The predicted molar refractivity (Wildman–Crippen MR) is 83.6 cm³/mol. The summed E-state index contributed by atoms with van der Waals surface area (Å²) < 4.78 is 14.4. The molecule has 3 unspecified atom stereocenters. The topological polar surface area (TPSA) is 15.3 Å². The van der Waals surface area contributed by atoms with Crippen LogP contribution in [-0.4, -0.2) is 19.6 Å². The molecule has 1 aromatic carbocycles. The van der Waals surface area contributed by atoms with E-state index in [1.165, 1.54) is 0 Å². The van der Waals surface area contributed by atoms with E-state index in [0.29, 0.717) is 5.92 Å². The molecule has 1 aromatic rings. The van der Waals surface area contributed by atoms with Gasteiger partial charge in [-0.05, 0) is 49.4 Å². The standard InChI is InChI=1S/C17H27FN2/c1-5-19-14(4)15-6-7-17(16(18)10-15)20-9-8-12(2)13(3)11-20/h6-7,10,12-14,19H,5,8-9,11H2,1-4H3. The van der Waals surface area contributed by atoms with E-state index in [9.17, 15) is 4.39 Å². The van der Waals surface area contributed by atoms with Gasteiger partial charge >= 0.3 is 0 Å². The number of rotatable bonds is 4. The van der Waals surface area contributed by atoms with Gasteiger partial charge in [0.1, 0.15) is 5.82 Å². The summed E-state index contributed by atoms with van der Waals surface area (Å²) >= 11 is 0. The van der Waals surface area contributed by atoms with Gasteiger partial charge in [-0.2, -0.15) is 0 Å². The van der Waals surface area contributed by atoms with Gasteiger partial charge in [-0.3, -0.25) is 0 Å². The fourth-order valence-electron chi connectivity index (χ4n) is 2.95. The van der Waals surface area contributed by atoms with Gasteiger partial charge in [0, 0.05) is 19.1 Å². The third-order valence-electron chi connectivity index (χ3n) is 4.66. The van der Waals surface area contributed by atoms with Gasteiger partial charge in [0.2, 0.25) is 0 Å². The monoisotopic (exact) mass is 278 g/mol. The lowest BCUT2D eigenvalue weighted by molar-refractivity contribution is 0.322. The zero-order chi connectivity index (χ0) is 14.7. The molecule has 3 heteroatoms. The number of hydrogen-bond acceptors (Lipinski definition) is 2. The normalized spacial score (nSPS) is 24.8. The van der Waals surface area contributed by atoms with Crippen LogP contribution in [0, 0.1) is 17.7 Å². The third-order valence-corrected chi connectivity index (χ3v) is 4.66. The number of piperidine rings is 1. The van der Waals surface area contributed by atoms with Gasteiger partial charge in [0.05, 0.1) is 5.69 Å². The van der Waals surface area contributed by atoms with Crippen molar-refractivity contribution < 1.29 is 4.39 Å². The molecule has 2 rings (SSSR count). The molecule has 0 spiro atoms. The van der Waals surface area contributed by atoms with Crippen LogP contribution in [0.2, 0.25) is 0 Å². The Morgan fingerprint density at radius 2 is 2.10 bits per heavy atom. The maximum Gasteiger partial charge on any atom is 0.146 e. The molecule has 1 aliphatic heterocycles. The Hall–Kier alpha value is -1.09. The van der Waals surface area contributed by atoms with Crippen molar-refractivity contribution in [2.75, 3.05) is 24.5 Å². The van der Waals surface area contributed by atoms with Crippen LogP contribution < -0.4 is 10.2 Å². The highest BCUT2D eigenvalue weighted by molar-refractivity contribution is 5.50. The molecule has 112 valence electrons. The minimum Gasteiger partial charge on any atom is -0.369 e. The van der Waals surface area contributed by atoms with E-state index in [-0.39, 0.29) is 11.9 Å². The highest BCUT2D eigenvalue weighted by Crippen LogP contribution is 2.30. The minimum atomic E-state index is -0.0889. The first-order chi connectivity index (χ1) is 9.52. The molecule has 1 N–H and O–H groups in total. The van der Waals surface area contributed by atoms with Crippen LogP contribution in [0.1, 0.15) is 45.7 Å². The van der Waals surface area contributed by atoms with Gasteiger partial charge < -0.3 is 10.2 Å². The van der Waals surface area contributed by atoms with Gasteiger partial charge in [0.15, 0.2) is 0 Å². The largest absolute Gasteiger partial charge is 0.369 e. The summed E-state index contributed by atoms with van der Waals surface area (Å²) in [6, 6.07) is 5.88.